The Balaban J connectivity index is 1.42. The van der Waals surface area contributed by atoms with Gasteiger partial charge in [0.15, 0.2) is 11.5 Å². The summed E-state index contributed by atoms with van der Waals surface area (Å²) in [5, 5.41) is 0.854. The molecule has 1 heterocycles. The molecule has 1 N–H and O–H groups in total. The fourth-order valence-electron chi connectivity index (χ4n) is 3.59. The number of aryl methyl sites for hydroxylation is 1. The van der Waals surface area contributed by atoms with Crippen molar-refractivity contribution in [3.8, 4) is 33.2 Å². The van der Waals surface area contributed by atoms with Gasteiger partial charge in [-0.3, -0.25) is 0 Å². The third-order valence-electron chi connectivity index (χ3n) is 5.44. The Labute approximate surface area is 204 Å². The zero-order valence-electron chi connectivity index (χ0n) is 19.2. The zero-order chi connectivity index (χ0) is 24.1. The molecule has 0 amide bonds. The van der Waals surface area contributed by atoms with Crippen LogP contribution in [0.1, 0.15) is 10.6 Å². The Bertz CT molecular complexity index is 1370. The molecule has 4 aromatic rings. The van der Waals surface area contributed by atoms with Gasteiger partial charge in [-0.1, -0.05) is 42.5 Å². The molecule has 3 aromatic carbocycles. The van der Waals surface area contributed by atoms with Crippen molar-refractivity contribution in [2.24, 2.45) is 0 Å². The topological polar surface area (TPSA) is 77.5 Å². The van der Waals surface area contributed by atoms with Crippen LogP contribution in [0.2, 0.25) is 0 Å². The van der Waals surface area contributed by atoms with E-state index < -0.39 is 10.0 Å². The van der Waals surface area contributed by atoms with Crippen LogP contribution in [0, 0.1) is 6.92 Å². The molecule has 0 radical (unpaired) electrons. The van der Waals surface area contributed by atoms with E-state index in [0.29, 0.717) is 17.9 Å². The van der Waals surface area contributed by atoms with Crippen molar-refractivity contribution in [2.75, 3.05) is 20.8 Å². The van der Waals surface area contributed by atoms with Crippen molar-refractivity contribution in [1.82, 2.24) is 9.71 Å². The number of ether oxygens (including phenoxy) is 2. The zero-order valence-corrected chi connectivity index (χ0v) is 20.9. The van der Waals surface area contributed by atoms with E-state index in [9.17, 15) is 8.42 Å². The highest BCUT2D eigenvalue weighted by atomic mass is 32.2. The van der Waals surface area contributed by atoms with Gasteiger partial charge in [0.2, 0.25) is 10.0 Å². The van der Waals surface area contributed by atoms with Gasteiger partial charge in [0, 0.05) is 17.0 Å². The van der Waals surface area contributed by atoms with Crippen LogP contribution in [0.5, 0.6) is 11.5 Å². The van der Waals surface area contributed by atoms with E-state index in [-0.39, 0.29) is 11.4 Å². The van der Waals surface area contributed by atoms with Gasteiger partial charge >= 0.3 is 0 Å². The molecule has 1 aromatic heterocycles. The fraction of sp³-hybridized carbons (Fsp3) is 0.192. The number of nitrogens with one attached hydrogen (secondary N) is 1. The number of nitrogens with zero attached hydrogens (tertiary/aromatic N) is 1. The summed E-state index contributed by atoms with van der Waals surface area (Å²) in [4.78, 5) is 5.95. The molecular weight excluding hydrogens is 468 g/mol. The summed E-state index contributed by atoms with van der Waals surface area (Å²) in [7, 11) is -0.403. The standard InChI is InChI=1S/C26H26N2O4S2/c1-18-25(33-26(28-18)21-11-14-23(31-2)24(17-21)32-3)15-16-27-34(29,30)22-12-9-20(10-13-22)19-7-5-4-6-8-19/h4-14,17,27H,15-16H2,1-3H3. The van der Waals surface area contributed by atoms with Gasteiger partial charge in [0.25, 0.3) is 0 Å². The molecule has 6 nitrogen and oxygen atoms in total. The second kappa shape index (κ2) is 10.4. The monoisotopic (exact) mass is 494 g/mol. The van der Waals surface area contributed by atoms with E-state index in [0.717, 1.165) is 32.3 Å². The maximum Gasteiger partial charge on any atom is 0.240 e. The second-order valence-corrected chi connectivity index (χ2v) is 10.5. The van der Waals surface area contributed by atoms with Gasteiger partial charge in [0.1, 0.15) is 5.01 Å². The molecule has 0 aliphatic carbocycles. The molecule has 176 valence electrons. The van der Waals surface area contributed by atoms with Crippen molar-refractivity contribution in [3.05, 3.63) is 83.4 Å². The summed E-state index contributed by atoms with van der Waals surface area (Å²) < 4.78 is 38.9. The summed E-state index contributed by atoms with van der Waals surface area (Å²) in [6, 6.07) is 22.5. The van der Waals surface area contributed by atoms with E-state index in [4.69, 9.17) is 9.47 Å². The van der Waals surface area contributed by atoms with Crippen LogP contribution >= 0.6 is 11.3 Å². The smallest absolute Gasteiger partial charge is 0.240 e. The number of methoxy groups -OCH3 is 2. The highest BCUT2D eigenvalue weighted by Gasteiger charge is 2.16. The minimum absolute atomic E-state index is 0.249. The van der Waals surface area contributed by atoms with Gasteiger partial charge in [-0.25, -0.2) is 18.1 Å². The lowest BCUT2D eigenvalue weighted by Crippen LogP contribution is -2.25. The molecule has 0 aliphatic heterocycles. The third-order valence-corrected chi connectivity index (χ3v) is 8.18. The number of aromatic nitrogens is 1. The second-order valence-electron chi connectivity index (χ2n) is 7.64. The van der Waals surface area contributed by atoms with Gasteiger partial charge in [-0.15, -0.1) is 11.3 Å². The van der Waals surface area contributed by atoms with Crippen molar-refractivity contribution < 1.29 is 17.9 Å². The van der Waals surface area contributed by atoms with Gasteiger partial charge in [-0.2, -0.15) is 0 Å². The lowest BCUT2D eigenvalue weighted by Gasteiger charge is -2.08. The van der Waals surface area contributed by atoms with Gasteiger partial charge in [-0.05, 0) is 54.8 Å². The number of hydrogen-bond acceptors (Lipinski definition) is 6. The summed E-state index contributed by atoms with van der Waals surface area (Å²) in [6.07, 6.45) is 0.554. The first kappa shape index (κ1) is 23.9. The molecule has 0 atom stereocenters. The highest BCUT2D eigenvalue weighted by Crippen LogP contribution is 2.35. The van der Waals surface area contributed by atoms with Crippen molar-refractivity contribution in [3.63, 3.8) is 0 Å². The molecule has 0 fully saturated rings. The largest absolute Gasteiger partial charge is 0.493 e. The molecule has 0 unspecified atom stereocenters. The molecular formula is C26H26N2O4S2. The van der Waals surface area contributed by atoms with E-state index in [1.165, 1.54) is 0 Å². The van der Waals surface area contributed by atoms with Gasteiger partial charge < -0.3 is 9.47 Å². The molecule has 0 saturated carbocycles. The average molecular weight is 495 g/mol. The first-order valence-electron chi connectivity index (χ1n) is 10.7. The first-order valence-corrected chi connectivity index (χ1v) is 13.0. The maximum atomic E-state index is 12.8. The Morgan fingerprint density at radius 1 is 0.853 bits per heavy atom. The molecule has 34 heavy (non-hydrogen) atoms. The minimum atomic E-state index is -3.60. The van der Waals surface area contributed by atoms with E-state index in [1.807, 2.05) is 67.6 Å². The summed E-state index contributed by atoms with van der Waals surface area (Å²) >= 11 is 1.55. The van der Waals surface area contributed by atoms with Crippen LogP contribution < -0.4 is 14.2 Å². The predicted molar refractivity (Wildman–Crippen MR) is 136 cm³/mol. The lowest BCUT2D eigenvalue weighted by atomic mass is 10.1. The van der Waals surface area contributed by atoms with Crippen LogP contribution in [0.3, 0.4) is 0 Å². The molecule has 0 bridgehead atoms. The molecule has 4 rings (SSSR count). The van der Waals surface area contributed by atoms with E-state index in [2.05, 4.69) is 9.71 Å². The summed E-state index contributed by atoms with van der Waals surface area (Å²) in [5.74, 6) is 1.30. The number of sulfonamides is 1. The summed E-state index contributed by atoms with van der Waals surface area (Å²) in [6.45, 7) is 2.23. The van der Waals surface area contributed by atoms with Crippen molar-refractivity contribution in [1.29, 1.82) is 0 Å². The van der Waals surface area contributed by atoms with Crippen molar-refractivity contribution >= 4 is 21.4 Å². The quantitative estimate of drug-likeness (QED) is 0.341. The van der Waals surface area contributed by atoms with Gasteiger partial charge in [0.05, 0.1) is 24.8 Å². The third kappa shape index (κ3) is 5.30. The molecule has 0 saturated heterocycles. The normalized spacial score (nSPS) is 11.4. The Morgan fingerprint density at radius 3 is 2.18 bits per heavy atom. The molecule has 0 aliphatic rings. The van der Waals surface area contributed by atoms with E-state index in [1.54, 1.807) is 37.7 Å². The fourth-order valence-corrected chi connectivity index (χ4v) is 5.68. The first-order chi connectivity index (χ1) is 16.4. The van der Waals surface area contributed by atoms with Crippen LogP contribution in [-0.4, -0.2) is 34.2 Å². The Hall–Kier alpha value is -3.20. The lowest BCUT2D eigenvalue weighted by molar-refractivity contribution is 0.355. The van der Waals surface area contributed by atoms with E-state index >= 15 is 0 Å². The van der Waals surface area contributed by atoms with Crippen molar-refractivity contribution in [2.45, 2.75) is 18.2 Å². The van der Waals surface area contributed by atoms with Crippen LogP contribution in [0.15, 0.2) is 77.7 Å². The summed E-state index contributed by atoms with van der Waals surface area (Å²) in [5.41, 5.74) is 3.84. The molecule has 0 spiro atoms. The number of thiazole rings is 1. The molecule has 8 heteroatoms. The highest BCUT2D eigenvalue weighted by molar-refractivity contribution is 7.89. The SMILES string of the molecule is COc1ccc(-c2nc(C)c(CCNS(=O)(=O)c3ccc(-c4ccccc4)cc3)s2)cc1OC. The predicted octanol–water partition coefficient (Wildman–Crippen LogP) is 5.32. The number of rotatable bonds is 9. The number of hydrogen-bond donors (Lipinski definition) is 1. The van der Waals surface area contributed by atoms with Crippen LogP contribution in [0.4, 0.5) is 0 Å². The Kier molecular flexibility index (Phi) is 7.31. The van der Waals surface area contributed by atoms with Crippen LogP contribution in [0.25, 0.3) is 21.7 Å². The maximum absolute atomic E-state index is 12.8. The minimum Gasteiger partial charge on any atom is -0.493 e. The van der Waals surface area contributed by atoms with Crippen LogP contribution in [-0.2, 0) is 16.4 Å². The Morgan fingerprint density at radius 2 is 1.50 bits per heavy atom. The average Bonchev–Trinajstić information content (AvgIpc) is 3.24. The number of benzene rings is 3.